The summed E-state index contributed by atoms with van der Waals surface area (Å²) in [6.45, 7) is 0.336. The summed E-state index contributed by atoms with van der Waals surface area (Å²) in [5.74, 6) is -18.5. The number of aromatic nitrogens is 2. The molecule has 0 aliphatic rings. The summed E-state index contributed by atoms with van der Waals surface area (Å²) in [5.41, 5.74) is 10.7. The van der Waals surface area contributed by atoms with Crippen LogP contribution in [0.5, 0.6) is 0 Å². The van der Waals surface area contributed by atoms with E-state index in [-0.39, 0.29) is 63.0 Å². The van der Waals surface area contributed by atoms with Crippen molar-refractivity contribution in [1.29, 1.82) is 0 Å². The molecule has 32 heteroatoms. The van der Waals surface area contributed by atoms with Gasteiger partial charge in [0, 0.05) is 25.2 Å². The van der Waals surface area contributed by atoms with E-state index in [0.29, 0.717) is 12.8 Å². The number of aliphatic carboxylic acids is 6. The molecule has 82 heavy (non-hydrogen) atoms. The Hall–Kier alpha value is -9.20. The van der Waals surface area contributed by atoms with E-state index < -0.39 is 183 Å². The van der Waals surface area contributed by atoms with Crippen LogP contribution in [0.25, 0.3) is 0 Å². The van der Waals surface area contributed by atoms with Gasteiger partial charge in [-0.15, -0.1) is 0 Å². The first kappa shape index (κ1) is 68.9. The number of nitrogens with zero attached hydrogens (tertiary/aromatic N) is 2. The van der Waals surface area contributed by atoms with Crippen molar-refractivity contribution in [3.05, 3.63) is 60.2 Å². The monoisotopic (exact) mass is 1160 g/mol. The Bertz CT molecular complexity index is 2370. The van der Waals surface area contributed by atoms with Crippen LogP contribution in [0.3, 0.4) is 0 Å². The van der Waals surface area contributed by atoms with Crippen LogP contribution in [0.1, 0.15) is 124 Å². The van der Waals surface area contributed by atoms with Crippen molar-refractivity contribution < 1.29 is 97.8 Å². The first-order valence-electron chi connectivity index (χ1n) is 25.9. The number of hydrogen-bond donors (Lipinski definition) is 16. The molecule has 2 rings (SSSR count). The average molecular weight is 1160 g/mol. The largest absolute Gasteiger partial charge is 0.481 e. The third-order valence-electron chi connectivity index (χ3n) is 12.0. The van der Waals surface area contributed by atoms with Gasteiger partial charge < -0.3 is 84.6 Å². The molecular weight excluding hydrogens is 1090 g/mol. The number of nitrogens with one attached hydrogen (secondary N) is 8. The molecule has 8 atom stereocenters. The zero-order valence-corrected chi connectivity index (χ0v) is 44.4. The highest BCUT2D eigenvalue weighted by atomic mass is 16.4. The number of carboxylic acid groups (broad SMARTS) is 6. The maximum absolute atomic E-state index is 14.0. The van der Waals surface area contributed by atoms with Gasteiger partial charge in [0.1, 0.15) is 59.7 Å². The fourth-order valence-corrected chi connectivity index (χ4v) is 7.67. The molecule has 0 unspecified atom stereocenters. The van der Waals surface area contributed by atoms with Crippen LogP contribution >= 0.6 is 0 Å². The molecule has 0 aliphatic heterocycles. The molecule has 450 valence electrons. The van der Waals surface area contributed by atoms with Crippen LogP contribution in [0.4, 0.5) is 0 Å². The van der Waals surface area contributed by atoms with Gasteiger partial charge in [0.05, 0.1) is 12.8 Å². The molecule has 8 amide bonds. The van der Waals surface area contributed by atoms with Gasteiger partial charge in [-0.1, -0.05) is 25.0 Å². The van der Waals surface area contributed by atoms with Gasteiger partial charge in [-0.2, -0.15) is 0 Å². The number of pyridine rings is 2. The normalized spacial score (nSPS) is 13.7. The highest BCUT2D eigenvalue weighted by Gasteiger charge is 2.35. The summed E-state index contributed by atoms with van der Waals surface area (Å²) < 4.78 is 0. The standard InChI is InChI=1S/C50H70N12O20/c51-21-7-3-15-33(49(79)80)59-43(73)29(55-47(77)35(25-39(67)68)61-45(75)31(17-19-37(63)64)57-41(71)27-11-5-9-23-53-27)13-1-2-14-30(44(74)60-34(50(81)82)16-4-8-22-52)56-48(78)36(26-40(69)70)62-46(76)32(18-20-38(65)66)58-42(72)28-12-6-10-24-54-28/h5-6,9-12,23-24,29-36H,1-4,7-8,13-22,25-26,51-52H2,(H,55,77)(H,56,78)(H,57,71)(H,58,72)(H,59,73)(H,60,74)(H,61,75)(H,62,76)(H,63,64)(H,65,66)(H,67,68)(H,69,70)(H,79,80)(H,81,82)/t29-,30-,31-,32-,33-,34-,35-,36-/m0/s1. The Morgan fingerprint density at radius 2 is 0.634 bits per heavy atom. The molecule has 0 saturated heterocycles. The minimum absolute atomic E-state index is 0.148. The van der Waals surface area contributed by atoms with Crippen molar-refractivity contribution in [1.82, 2.24) is 52.5 Å². The molecule has 0 aliphatic carbocycles. The van der Waals surface area contributed by atoms with Gasteiger partial charge in [-0.25, -0.2) is 9.59 Å². The number of carbonyl (C=O) groups is 14. The summed E-state index contributed by atoms with van der Waals surface area (Å²) in [6.07, 6.45) is -2.93. The SMILES string of the molecule is NCCCC[C@H](NC(=O)[C@H](CCCC[C@H](NC(=O)[C@H](CC(=O)O)NC(=O)[C@H](CCC(=O)O)NC(=O)c1ccccn1)C(=O)N[C@@H](CCCCN)C(=O)O)NC(=O)[C@H](CC(=O)O)NC(=O)[C@H](CCC(=O)O)NC(=O)c1ccccn1)C(=O)O. The van der Waals surface area contributed by atoms with E-state index in [1.165, 1.54) is 48.8 Å². The van der Waals surface area contributed by atoms with Crippen LogP contribution in [-0.4, -0.2) is 185 Å². The van der Waals surface area contributed by atoms with Crippen LogP contribution in [0, 0.1) is 0 Å². The minimum atomic E-state index is -2.04. The van der Waals surface area contributed by atoms with Gasteiger partial charge in [0.25, 0.3) is 11.8 Å². The Morgan fingerprint density at radius 3 is 0.915 bits per heavy atom. The fourth-order valence-electron chi connectivity index (χ4n) is 7.67. The van der Waals surface area contributed by atoms with Crippen LogP contribution in [0.2, 0.25) is 0 Å². The predicted molar refractivity (Wildman–Crippen MR) is 280 cm³/mol. The lowest BCUT2D eigenvalue weighted by Crippen LogP contribution is -2.58. The van der Waals surface area contributed by atoms with E-state index in [9.17, 15) is 97.8 Å². The number of unbranched alkanes of at least 4 members (excludes halogenated alkanes) is 3. The molecule has 0 bridgehead atoms. The van der Waals surface area contributed by atoms with E-state index in [1.807, 2.05) is 0 Å². The molecular formula is C50H70N12O20. The second-order valence-corrected chi connectivity index (χ2v) is 18.4. The van der Waals surface area contributed by atoms with Gasteiger partial charge in [-0.05, 0) is 102 Å². The van der Waals surface area contributed by atoms with Gasteiger partial charge in [0.15, 0.2) is 0 Å². The molecule has 32 nitrogen and oxygen atoms in total. The highest BCUT2D eigenvalue weighted by Crippen LogP contribution is 2.13. The van der Waals surface area contributed by atoms with Crippen LogP contribution in [-0.2, 0) is 57.5 Å². The van der Waals surface area contributed by atoms with Crippen LogP contribution < -0.4 is 54.0 Å². The van der Waals surface area contributed by atoms with Crippen molar-refractivity contribution in [2.24, 2.45) is 11.5 Å². The summed E-state index contributed by atoms with van der Waals surface area (Å²) in [7, 11) is 0. The van der Waals surface area contributed by atoms with Gasteiger partial charge in [0.2, 0.25) is 35.4 Å². The molecule has 18 N–H and O–H groups in total. The molecule has 2 aromatic rings. The zero-order chi connectivity index (χ0) is 61.3. The Balaban J connectivity index is 2.55. The fraction of sp³-hybridized carbons (Fsp3) is 0.520. The number of carboxylic acids is 6. The lowest BCUT2D eigenvalue weighted by molar-refractivity contribution is -0.143. The summed E-state index contributed by atoms with van der Waals surface area (Å²) in [6, 6.07) is -5.76. The average Bonchev–Trinajstić information content (AvgIpc) is 3.46. The van der Waals surface area contributed by atoms with Crippen molar-refractivity contribution >= 4 is 83.1 Å². The molecule has 0 saturated carbocycles. The Labute approximate surface area is 468 Å². The zero-order valence-electron chi connectivity index (χ0n) is 44.4. The second kappa shape index (κ2) is 36.9. The smallest absolute Gasteiger partial charge is 0.326 e. The Morgan fingerprint density at radius 1 is 0.354 bits per heavy atom. The minimum Gasteiger partial charge on any atom is -0.481 e. The highest BCUT2D eigenvalue weighted by molar-refractivity contribution is 6.00. The van der Waals surface area contributed by atoms with Crippen molar-refractivity contribution in [2.45, 2.75) is 151 Å². The summed E-state index contributed by atoms with van der Waals surface area (Å²) in [5, 5.41) is 76.1. The molecule has 2 heterocycles. The lowest BCUT2D eigenvalue weighted by Gasteiger charge is -2.26. The molecule has 0 aromatic carbocycles. The number of amides is 8. The summed E-state index contributed by atoms with van der Waals surface area (Å²) in [4.78, 5) is 188. The number of carbonyl (C=O) groups excluding carboxylic acids is 8. The number of hydrogen-bond acceptors (Lipinski definition) is 18. The second-order valence-electron chi connectivity index (χ2n) is 18.4. The van der Waals surface area contributed by atoms with E-state index in [2.05, 4.69) is 52.5 Å². The van der Waals surface area contributed by atoms with E-state index >= 15 is 0 Å². The lowest BCUT2D eigenvalue weighted by atomic mass is 10.0. The molecule has 0 radical (unpaired) electrons. The van der Waals surface area contributed by atoms with Crippen molar-refractivity contribution in [3.63, 3.8) is 0 Å². The predicted octanol–water partition coefficient (Wildman–Crippen LogP) is -3.05. The van der Waals surface area contributed by atoms with Gasteiger partial charge >= 0.3 is 35.8 Å². The molecule has 0 fully saturated rings. The molecule has 2 aromatic heterocycles. The maximum Gasteiger partial charge on any atom is 0.326 e. The van der Waals surface area contributed by atoms with Crippen LogP contribution in [0.15, 0.2) is 48.8 Å². The first-order valence-corrected chi connectivity index (χ1v) is 25.9. The molecule has 0 spiro atoms. The van der Waals surface area contributed by atoms with Gasteiger partial charge in [-0.3, -0.25) is 67.5 Å². The topological polar surface area (TPSA) is 534 Å². The number of nitrogens with two attached hydrogens (primary N) is 2. The third kappa shape index (κ3) is 26.6. The van der Waals surface area contributed by atoms with Crippen molar-refractivity contribution in [3.8, 4) is 0 Å². The summed E-state index contributed by atoms with van der Waals surface area (Å²) >= 11 is 0. The first-order chi connectivity index (χ1) is 38.9. The quantitative estimate of drug-likeness (QED) is 0.0294. The Kier molecular flexibility index (Phi) is 31.0. The number of rotatable bonds is 41. The third-order valence-corrected chi connectivity index (χ3v) is 12.0. The van der Waals surface area contributed by atoms with E-state index in [4.69, 9.17) is 11.5 Å². The van der Waals surface area contributed by atoms with E-state index in [0.717, 1.165) is 0 Å². The maximum atomic E-state index is 14.0. The van der Waals surface area contributed by atoms with E-state index in [1.54, 1.807) is 0 Å². The van der Waals surface area contributed by atoms with Crippen molar-refractivity contribution in [2.75, 3.05) is 13.1 Å².